The molecule has 0 radical (unpaired) electrons. The quantitative estimate of drug-likeness (QED) is 0.632. The van der Waals surface area contributed by atoms with Crippen molar-refractivity contribution in [2.75, 3.05) is 11.9 Å². The van der Waals surface area contributed by atoms with Crippen LogP contribution in [-0.2, 0) is 10.2 Å². The van der Waals surface area contributed by atoms with Crippen molar-refractivity contribution >= 4 is 29.3 Å². The Labute approximate surface area is 168 Å². The maximum atomic E-state index is 12.6. The molecule has 0 atom stereocenters. The Morgan fingerprint density at radius 1 is 1.04 bits per heavy atom. The first-order valence-corrected chi connectivity index (χ1v) is 9.77. The molecule has 0 unspecified atom stereocenters. The lowest BCUT2D eigenvalue weighted by molar-refractivity contribution is -0.116. The smallest absolute Gasteiger partial charge is 0.288 e. The monoisotopic (exact) mass is 406 g/mol. The number of anilines is 1. The van der Waals surface area contributed by atoms with Crippen LogP contribution in [0.1, 0.15) is 43.1 Å². The first kappa shape index (κ1) is 21.9. The Hall–Kier alpha value is -2.41. The van der Waals surface area contributed by atoms with E-state index in [1.165, 1.54) is 6.07 Å². The molecule has 2 aromatic rings. The van der Waals surface area contributed by atoms with Crippen LogP contribution in [0.5, 0.6) is 0 Å². The Kier molecular flexibility index (Phi) is 7.57. The van der Waals surface area contributed by atoms with Gasteiger partial charge in [-0.05, 0) is 35.2 Å². The first-order chi connectivity index (χ1) is 13.2. The SMILES string of the molecule is CC(C)(C)c1ccc(C(=O)NCCC(=O)Nc2ccccc2SC(F)F)cc1. The van der Waals surface area contributed by atoms with E-state index >= 15 is 0 Å². The van der Waals surface area contributed by atoms with Crippen LogP contribution >= 0.6 is 11.8 Å². The van der Waals surface area contributed by atoms with Crippen molar-refractivity contribution in [3.63, 3.8) is 0 Å². The number of para-hydroxylation sites is 1. The number of carbonyl (C=O) groups excluding carboxylic acids is 2. The van der Waals surface area contributed by atoms with Gasteiger partial charge in [-0.3, -0.25) is 9.59 Å². The lowest BCUT2D eigenvalue weighted by Crippen LogP contribution is -2.27. The number of alkyl halides is 2. The standard InChI is InChI=1S/C21H24F2N2O2S/c1-21(2,3)15-10-8-14(9-11-15)19(27)24-13-12-18(26)25-16-6-4-5-7-17(16)28-20(22)23/h4-11,20H,12-13H2,1-3H3,(H,24,27)(H,25,26). The zero-order chi connectivity index (χ0) is 20.7. The third-order valence-electron chi connectivity index (χ3n) is 4.03. The van der Waals surface area contributed by atoms with E-state index in [1.54, 1.807) is 30.3 Å². The Morgan fingerprint density at radius 2 is 1.68 bits per heavy atom. The summed E-state index contributed by atoms with van der Waals surface area (Å²) in [6.07, 6.45) is 0.0412. The van der Waals surface area contributed by atoms with Gasteiger partial charge in [0, 0.05) is 23.4 Å². The zero-order valence-electron chi connectivity index (χ0n) is 16.1. The molecule has 0 aliphatic carbocycles. The number of carbonyl (C=O) groups is 2. The fraction of sp³-hybridized carbons (Fsp3) is 0.333. The average Bonchev–Trinajstić information content (AvgIpc) is 2.62. The van der Waals surface area contributed by atoms with E-state index in [2.05, 4.69) is 31.4 Å². The predicted molar refractivity (Wildman–Crippen MR) is 109 cm³/mol. The summed E-state index contributed by atoms with van der Waals surface area (Å²) in [4.78, 5) is 24.6. The summed E-state index contributed by atoms with van der Waals surface area (Å²) in [7, 11) is 0. The minimum atomic E-state index is -2.57. The summed E-state index contributed by atoms with van der Waals surface area (Å²) < 4.78 is 25.2. The summed E-state index contributed by atoms with van der Waals surface area (Å²) in [5.74, 6) is -3.19. The van der Waals surface area contributed by atoms with Gasteiger partial charge in [-0.2, -0.15) is 8.78 Å². The van der Waals surface area contributed by atoms with E-state index < -0.39 is 5.76 Å². The van der Waals surface area contributed by atoms with Gasteiger partial charge in [0.15, 0.2) is 0 Å². The Morgan fingerprint density at radius 3 is 2.29 bits per heavy atom. The Bertz CT molecular complexity index is 818. The maximum Gasteiger partial charge on any atom is 0.288 e. The topological polar surface area (TPSA) is 58.2 Å². The minimum Gasteiger partial charge on any atom is -0.352 e. The average molecular weight is 406 g/mol. The van der Waals surface area contributed by atoms with Crippen molar-refractivity contribution in [2.24, 2.45) is 0 Å². The molecule has 0 aliphatic rings. The maximum absolute atomic E-state index is 12.6. The molecule has 150 valence electrons. The second kappa shape index (κ2) is 9.68. The molecule has 7 heteroatoms. The fourth-order valence-corrected chi connectivity index (χ4v) is 3.09. The molecule has 2 amide bonds. The van der Waals surface area contributed by atoms with Crippen LogP contribution in [0, 0.1) is 0 Å². The van der Waals surface area contributed by atoms with Crippen LogP contribution in [0.4, 0.5) is 14.5 Å². The summed E-state index contributed by atoms with van der Waals surface area (Å²) in [5, 5.41) is 5.30. The number of nitrogens with one attached hydrogen (secondary N) is 2. The molecule has 4 nitrogen and oxygen atoms in total. The highest BCUT2D eigenvalue weighted by atomic mass is 32.2. The summed E-state index contributed by atoms with van der Waals surface area (Å²) in [6.45, 7) is 6.44. The minimum absolute atomic E-state index is 0.00594. The van der Waals surface area contributed by atoms with E-state index in [4.69, 9.17) is 0 Å². The summed E-state index contributed by atoms with van der Waals surface area (Å²) >= 11 is 0.378. The number of thioether (sulfide) groups is 1. The highest BCUT2D eigenvalue weighted by molar-refractivity contribution is 7.99. The van der Waals surface area contributed by atoms with Gasteiger partial charge in [0.25, 0.3) is 11.7 Å². The van der Waals surface area contributed by atoms with E-state index in [-0.39, 0.29) is 30.2 Å². The third-order valence-corrected chi connectivity index (χ3v) is 4.82. The van der Waals surface area contributed by atoms with Crippen molar-refractivity contribution in [1.82, 2.24) is 5.32 Å². The lowest BCUT2D eigenvalue weighted by Gasteiger charge is -2.19. The number of amides is 2. The van der Waals surface area contributed by atoms with Gasteiger partial charge in [-0.15, -0.1) is 0 Å². The van der Waals surface area contributed by atoms with Crippen LogP contribution in [0.3, 0.4) is 0 Å². The molecule has 0 heterocycles. The van der Waals surface area contributed by atoms with Crippen molar-refractivity contribution in [2.45, 2.75) is 43.3 Å². The number of rotatable bonds is 7. The molecule has 2 rings (SSSR count). The number of halogens is 2. The molecule has 28 heavy (non-hydrogen) atoms. The molecule has 0 fully saturated rings. The van der Waals surface area contributed by atoms with E-state index in [0.29, 0.717) is 27.9 Å². The van der Waals surface area contributed by atoms with Crippen molar-refractivity contribution in [3.05, 3.63) is 59.7 Å². The van der Waals surface area contributed by atoms with Crippen molar-refractivity contribution in [1.29, 1.82) is 0 Å². The van der Waals surface area contributed by atoms with Gasteiger partial charge >= 0.3 is 0 Å². The van der Waals surface area contributed by atoms with Crippen LogP contribution in [0.15, 0.2) is 53.4 Å². The second-order valence-corrected chi connectivity index (χ2v) is 8.29. The van der Waals surface area contributed by atoms with Crippen molar-refractivity contribution < 1.29 is 18.4 Å². The normalized spacial score (nSPS) is 11.4. The molecule has 0 saturated carbocycles. The van der Waals surface area contributed by atoms with Gasteiger partial charge in [0.2, 0.25) is 5.91 Å². The van der Waals surface area contributed by atoms with Gasteiger partial charge in [0.05, 0.1) is 5.69 Å². The number of hydrogen-bond donors (Lipinski definition) is 2. The van der Waals surface area contributed by atoms with Gasteiger partial charge < -0.3 is 10.6 Å². The van der Waals surface area contributed by atoms with Gasteiger partial charge in [-0.1, -0.05) is 56.8 Å². The highest BCUT2D eigenvalue weighted by Crippen LogP contribution is 2.31. The fourth-order valence-electron chi connectivity index (χ4n) is 2.49. The lowest BCUT2D eigenvalue weighted by atomic mass is 9.87. The zero-order valence-corrected chi connectivity index (χ0v) is 16.9. The first-order valence-electron chi connectivity index (χ1n) is 8.89. The molecule has 0 aromatic heterocycles. The van der Waals surface area contributed by atoms with Crippen LogP contribution in [-0.4, -0.2) is 24.1 Å². The molecular formula is C21H24F2N2O2S. The molecule has 0 saturated heterocycles. The third kappa shape index (κ3) is 6.64. The van der Waals surface area contributed by atoms with Crippen LogP contribution in [0.2, 0.25) is 0 Å². The van der Waals surface area contributed by atoms with Gasteiger partial charge in [-0.25, -0.2) is 0 Å². The molecule has 2 aromatic carbocycles. The Balaban J connectivity index is 1.85. The summed E-state index contributed by atoms with van der Waals surface area (Å²) in [5.41, 5.74) is 1.99. The molecule has 0 aliphatic heterocycles. The largest absolute Gasteiger partial charge is 0.352 e. The van der Waals surface area contributed by atoms with Crippen LogP contribution in [0.25, 0.3) is 0 Å². The molecule has 2 N–H and O–H groups in total. The molecule has 0 spiro atoms. The second-order valence-electron chi connectivity index (χ2n) is 7.26. The molecular weight excluding hydrogens is 382 g/mol. The van der Waals surface area contributed by atoms with Crippen molar-refractivity contribution in [3.8, 4) is 0 Å². The highest BCUT2D eigenvalue weighted by Gasteiger charge is 2.15. The van der Waals surface area contributed by atoms with E-state index in [9.17, 15) is 18.4 Å². The predicted octanol–water partition coefficient (Wildman–Crippen LogP) is 5.06. The summed E-state index contributed by atoms with van der Waals surface area (Å²) in [6, 6.07) is 13.7. The van der Waals surface area contributed by atoms with Crippen LogP contribution < -0.4 is 10.6 Å². The van der Waals surface area contributed by atoms with E-state index in [0.717, 1.165) is 5.56 Å². The number of hydrogen-bond acceptors (Lipinski definition) is 3. The van der Waals surface area contributed by atoms with Gasteiger partial charge in [0.1, 0.15) is 0 Å². The molecule has 0 bridgehead atoms. The number of benzene rings is 2. The van der Waals surface area contributed by atoms with E-state index in [1.807, 2.05) is 12.1 Å².